The van der Waals surface area contributed by atoms with E-state index >= 15 is 0 Å². The topological polar surface area (TPSA) is 76.5 Å². The molecule has 37 heavy (non-hydrogen) atoms. The van der Waals surface area contributed by atoms with Crippen molar-refractivity contribution in [3.05, 3.63) is 0 Å². The van der Waals surface area contributed by atoms with Crippen molar-refractivity contribution in [2.24, 2.45) is 46.3 Å². The fourth-order valence-corrected chi connectivity index (χ4v) is 10.2. The highest BCUT2D eigenvalue weighted by atomic mass is 16.3. The summed E-state index contributed by atoms with van der Waals surface area (Å²) in [5.74, 6) is 4.56. The van der Waals surface area contributed by atoms with Crippen LogP contribution in [-0.2, 0) is 0 Å². The largest absolute Gasteiger partial charge is 0.393 e. The second kappa shape index (κ2) is 12.1. The Morgan fingerprint density at radius 2 is 1.65 bits per heavy atom. The number of likely N-dealkylation sites (N-methyl/N-ethyl adjacent to an activating group) is 1. The van der Waals surface area contributed by atoms with Crippen molar-refractivity contribution in [2.75, 3.05) is 33.2 Å². The molecule has 0 saturated heterocycles. The Hall–Kier alpha value is -0.200. The van der Waals surface area contributed by atoms with Gasteiger partial charge in [-0.2, -0.15) is 0 Å². The zero-order chi connectivity index (χ0) is 26.8. The van der Waals surface area contributed by atoms with Gasteiger partial charge in [0.1, 0.15) is 0 Å². The zero-order valence-corrected chi connectivity index (χ0v) is 25.1. The molecule has 5 nitrogen and oxygen atoms in total. The van der Waals surface area contributed by atoms with E-state index in [0.29, 0.717) is 23.7 Å². The van der Waals surface area contributed by atoms with Gasteiger partial charge in [-0.3, -0.25) is 0 Å². The number of rotatable bonds is 12. The van der Waals surface area contributed by atoms with Gasteiger partial charge in [0, 0.05) is 44.1 Å². The Morgan fingerprint density at radius 3 is 2.38 bits per heavy atom. The predicted molar refractivity (Wildman–Crippen MR) is 155 cm³/mol. The molecule has 4 fully saturated rings. The molecular weight excluding hydrogens is 458 g/mol. The standard InChI is InChI=1S/C32H61N3O2/c1-22(2)8-7-9-23(3)26-10-11-27-25-20-29(35-19-18-34-17-16-33-6)32(37)21-24(36)12-15-31(32,5)28(25)13-14-30(26,27)4/h22-29,33-37H,7-21H2,1-6H3/t23?,24-,25?,26?,27?,28?,29+,30?,31?,32-/m0/s1. The van der Waals surface area contributed by atoms with E-state index in [-0.39, 0.29) is 17.6 Å². The molecule has 0 heterocycles. The van der Waals surface area contributed by atoms with Crippen LogP contribution in [0.25, 0.3) is 0 Å². The minimum absolute atomic E-state index is 0.0738. The van der Waals surface area contributed by atoms with E-state index < -0.39 is 5.60 Å². The van der Waals surface area contributed by atoms with Gasteiger partial charge in [-0.15, -0.1) is 0 Å². The molecule has 4 aliphatic carbocycles. The summed E-state index contributed by atoms with van der Waals surface area (Å²) in [6.07, 6.45) is 12.6. The molecule has 4 saturated carbocycles. The lowest BCUT2D eigenvalue weighted by atomic mass is 9.42. The zero-order valence-electron chi connectivity index (χ0n) is 25.1. The van der Waals surface area contributed by atoms with Crippen molar-refractivity contribution >= 4 is 0 Å². The highest BCUT2D eigenvalue weighted by Crippen LogP contribution is 2.69. The molecule has 0 amide bonds. The van der Waals surface area contributed by atoms with Gasteiger partial charge >= 0.3 is 0 Å². The van der Waals surface area contributed by atoms with Crippen molar-refractivity contribution < 1.29 is 10.2 Å². The van der Waals surface area contributed by atoms with Gasteiger partial charge in [-0.1, -0.05) is 53.9 Å². The van der Waals surface area contributed by atoms with Crippen LogP contribution < -0.4 is 16.0 Å². The minimum atomic E-state index is -0.813. The van der Waals surface area contributed by atoms with E-state index in [1.54, 1.807) is 0 Å². The summed E-state index contributed by atoms with van der Waals surface area (Å²) in [4.78, 5) is 0. The van der Waals surface area contributed by atoms with Crippen molar-refractivity contribution in [1.29, 1.82) is 0 Å². The normalized spacial score (nSPS) is 44.4. The second-order valence-electron chi connectivity index (χ2n) is 14.7. The number of fused-ring (bicyclic) bond motifs is 5. The summed E-state index contributed by atoms with van der Waals surface area (Å²) < 4.78 is 0. The van der Waals surface area contributed by atoms with Crippen molar-refractivity contribution in [3.8, 4) is 0 Å². The van der Waals surface area contributed by atoms with Gasteiger partial charge in [0.15, 0.2) is 0 Å². The Labute approximate surface area is 228 Å². The van der Waals surface area contributed by atoms with Crippen LogP contribution in [0.1, 0.15) is 105 Å². The molecule has 0 aromatic rings. The monoisotopic (exact) mass is 519 g/mol. The third-order valence-corrected chi connectivity index (χ3v) is 12.3. The first-order chi connectivity index (χ1) is 17.6. The molecule has 5 N–H and O–H groups in total. The second-order valence-corrected chi connectivity index (χ2v) is 14.7. The fraction of sp³-hybridized carbons (Fsp3) is 1.00. The molecule has 10 atom stereocenters. The predicted octanol–water partition coefficient (Wildman–Crippen LogP) is 4.96. The quantitative estimate of drug-likeness (QED) is 0.236. The molecule has 0 aromatic carbocycles. The molecule has 0 spiro atoms. The van der Waals surface area contributed by atoms with Crippen LogP contribution in [0.15, 0.2) is 0 Å². The summed E-state index contributed by atoms with van der Waals surface area (Å²) in [6, 6.07) is 0.0738. The molecule has 4 aliphatic rings. The average Bonchev–Trinajstić information content (AvgIpc) is 3.19. The van der Waals surface area contributed by atoms with Crippen LogP contribution in [-0.4, -0.2) is 61.2 Å². The molecule has 0 aromatic heterocycles. The maximum Gasteiger partial charge on any atom is 0.0880 e. The lowest BCUT2D eigenvalue weighted by Crippen LogP contribution is -2.71. The first kappa shape index (κ1) is 29.8. The van der Waals surface area contributed by atoms with Gasteiger partial charge in [0.05, 0.1) is 11.7 Å². The van der Waals surface area contributed by atoms with Crippen molar-refractivity contribution in [3.63, 3.8) is 0 Å². The fourth-order valence-electron chi connectivity index (χ4n) is 10.2. The van der Waals surface area contributed by atoms with Crippen LogP contribution in [0, 0.1) is 46.3 Å². The van der Waals surface area contributed by atoms with E-state index in [9.17, 15) is 10.2 Å². The SMILES string of the molecule is CNCCNCCN[C@@H]1CC2C3CCC(C(C)CCCC(C)C)C3(C)CCC2C2(C)CC[C@H](O)C[C@]12O. The van der Waals surface area contributed by atoms with E-state index in [2.05, 4.69) is 50.6 Å². The third-order valence-electron chi connectivity index (χ3n) is 12.3. The molecule has 7 unspecified atom stereocenters. The number of hydrogen-bond donors (Lipinski definition) is 5. The molecular formula is C32H61N3O2. The van der Waals surface area contributed by atoms with Crippen LogP contribution in [0.5, 0.6) is 0 Å². The summed E-state index contributed by atoms with van der Waals surface area (Å²) in [5, 5.41) is 33.6. The highest BCUT2D eigenvalue weighted by Gasteiger charge is 2.67. The highest BCUT2D eigenvalue weighted by molar-refractivity contribution is 5.18. The summed E-state index contributed by atoms with van der Waals surface area (Å²) in [6.45, 7) is 16.1. The summed E-state index contributed by atoms with van der Waals surface area (Å²) in [5.41, 5.74) is -0.459. The molecule has 0 aliphatic heterocycles. The van der Waals surface area contributed by atoms with Gasteiger partial charge in [-0.25, -0.2) is 0 Å². The maximum atomic E-state index is 12.4. The van der Waals surface area contributed by atoms with Gasteiger partial charge in [-0.05, 0) is 92.9 Å². The van der Waals surface area contributed by atoms with Crippen molar-refractivity contribution in [2.45, 2.75) is 123 Å². The maximum absolute atomic E-state index is 12.4. The van der Waals surface area contributed by atoms with Crippen LogP contribution >= 0.6 is 0 Å². The first-order valence-electron chi connectivity index (χ1n) is 16.1. The minimum Gasteiger partial charge on any atom is -0.393 e. The van der Waals surface area contributed by atoms with Gasteiger partial charge in [0.25, 0.3) is 0 Å². The van der Waals surface area contributed by atoms with E-state index in [4.69, 9.17) is 0 Å². The number of aliphatic hydroxyl groups excluding tert-OH is 1. The first-order valence-corrected chi connectivity index (χ1v) is 16.1. The number of hydrogen-bond acceptors (Lipinski definition) is 5. The summed E-state index contributed by atoms with van der Waals surface area (Å²) in [7, 11) is 1.99. The van der Waals surface area contributed by atoms with Crippen LogP contribution in [0.2, 0.25) is 0 Å². The number of aliphatic hydroxyl groups is 2. The molecule has 0 radical (unpaired) electrons. The average molecular weight is 520 g/mol. The van der Waals surface area contributed by atoms with E-state index in [1.807, 2.05) is 7.05 Å². The smallest absolute Gasteiger partial charge is 0.0880 e. The Bertz CT molecular complexity index is 733. The Kier molecular flexibility index (Phi) is 9.76. The lowest BCUT2D eigenvalue weighted by molar-refractivity contribution is -0.234. The van der Waals surface area contributed by atoms with E-state index in [0.717, 1.165) is 69.1 Å². The van der Waals surface area contributed by atoms with Gasteiger partial charge in [0.2, 0.25) is 0 Å². The van der Waals surface area contributed by atoms with Crippen molar-refractivity contribution in [1.82, 2.24) is 16.0 Å². The van der Waals surface area contributed by atoms with Crippen LogP contribution in [0.3, 0.4) is 0 Å². The molecule has 216 valence electrons. The lowest BCUT2D eigenvalue weighted by Gasteiger charge is -2.66. The third kappa shape index (κ3) is 5.69. The van der Waals surface area contributed by atoms with Gasteiger partial charge < -0.3 is 26.2 Å². The molecule has 5 heteroatoms. The number of nitrogens with one attached hydrogen (secondary N) is 3. The molecule has 0 bridgehead atoms. The van der Waals surface area contributed by atoms with E-state index in [1.165, 1.54) is 44.9 Å². The molecule has 4 rings (SSSR count). The van der Waals surface area contributed by atoms with Crippen LogP contribution in [0.4, 0.5) is 0 Å². The summed E-state index contributed by atoms with van der Waals surface area (Å²) >= 11 is 0. The Morgan fingerprint density at radius 1 is 0.892 bits per heavy atom. The Balaban J connectivity index is 1.50.